The summed E-state index contributed by atoms with van der Waals surface area (Å²) < 4.78 is 22.4. The van der Waals surface area contributed by atoms with Crippen molar-refractivity contribution in [2.75, 3.05) is 59.6 Å². The second kappa shape index (κ2) is 24.2. The van der Waals surface area contributed by atoms with Gasteiger partial charge in [0.25, 0.3) is 11.8 Å². The molecule has 0 aromatic heterocycles. The lowest BCUT2D eigenvalue weighted by molar-refractivity contribution is -0.178. The minimum absolute atomic E-state index is 0.0173. The van der Waals surface area contributed by atoms with E-state index in [0.717, 1.165) is 41.2 Å². The molecule has 0 aliphatic carbocycles. The number of fused-ring (bicyclic) bond motifs is 6. The van der Waals surface area contributed by atoms with Crippen molar-refractivity contribution in [3.8, 4) is 11.5 Å². The molecule has 368 valence electrons. The van der Waals surface area contributed by atoms with Gasteiger partial charge in [-0.1, -0.05) is 89.4 Å². The van der Waals surface area contributed by atoms with E-state index in [1.807, 2.05) is 24.3 Å². The van der Waals surface area contributed by atoms with Crippen LogP contribution in [0.3, 0.4) is 0 Å². The van der Waals surface area contributed by atoms with E-state index in [4.69, 9.17) is 20.9 Å². The molecule has 2 heterocycles. The highest BCUT2D eigenvalue weighted by Gasteiger charge is 2.34. The Labute approximate surface area is 418 Å². The molecule has 2 aliphatic heterocycles. The number of unbranched alkanes of at least 4 members (excludes halogenated alkanes) is 3. The summed E-state index contributed by atoms with van der Waals surface area (Å²) >= 11 is 9.61. The topological polar surface area (TPSA) is 215 Å². The van der Waals surface area contributed by atoms with Crippen LogP contribution in [-0.4, -0.2) is 100 Å². The lowest BCUT2D eigenvalue weighted by atomic mass is 9.95. The molecule has 16 nitrogen and oxygen atoms in total. The number of rotatable bonds is 21. The molecule has 0 fully saturated rings. The smallest absolute Gasteiger partial charge is 0.365 e. The fraction of sp³-hybridized carbons (Fsp3) is 0.314. The summed E-state index contributed by atoms with van der Waals surface area (Å²) in [6.07, 6.45) is 9.92. The van der Waals surface area contributed by atoms with Crippen LogP contribution < -0.4 is 29.7 Å². The standard InChI is InChI=1S/C51H54BrClN5O11P/c1-56(49(63)29-52)24-9-3-2-4-14-45(59)54-23-21-46(60)55-40-26-32(16-19-48(62)58-31-34(30-53)50-39-13-8-7-12-38(39)43(28-42(50)58)68-51(64)65)15-17-33(40)18-20-47(61)57-25-22-36-35-10-5-6-11-37(35)44(27-41(36)57)69-70(66)67/h5-8,10-13,15-20,26-28,34,51,64-65,70H,2-4,9,14,21-25,29-31H2,1H3,(H,54,59)(H,55,60)(H,66,67)/b19-16+,20-18+/t34-/m1/s1. The molecule has 2 aliphatic rings. The molecule has 0 bridgehead atoms. The average molecular weight is 1060 g/mol. The second-order valence-electron chi connectivity index (χ2n) is 16.9. The molecule has 5 aromatic rings. The van der Waals surface area contributed by atoms with E-state index < -0.39 is 20.6 Å². The molecule has 0 saturated heterocycles. The van der Waals surface area contributed by atoms with Crippen molar-refractivity contribution in [3.63, 3.8) is 0 Å². The van der Waals surface area contributed by atoms with Crippen LogP contribution in [0.2, 0.25) is 0 Å². The highest BCUT2D eigenvalue weighted by atomic mass is 79.9. The van der Waals surface area contributed by atoms with Crippen LogP contribution in [0.5, 0.6) is 11.5 Å². The van der Waals surface area contributed by atoms with E-state index in [1.165, 1.54) is 12.2 Å². The van der Waals surface area contributed by atoms with Crippen molar-refractivity contribution in [1.29, 1.82) is 0 Å². The number of hydrogen-bond acceptors (Lipinski definition) is 10. The van der Waals surface area contributed by atoms with Gasteiger partial charge in [-0.15, -0.1) is 11.6 Å². The lowest BCUT2D eigenvalue weighted by Gasteiger charge is -2.18. The maximum atomic E-state index is 14.0. The highest BCUT2D eigenvalue weighted by Crippen LogP contribution is 2.46. The Kier molecular flexibility index (Phi) is 17.9. The van der Waals surface area contributed by atoms with Crippen LogP contribution in [-0.2, 0) is 35.0 Å². The van der Waals surface area contributed by atoms with Gasteiger partial charge in [-0.3, -0.25) is 24.0 Å². The normalized spacial score (nSPS) is 14.6. The van der Waals surface area contributed by atoms with Crippen molar-refractivity contribution >= 4 is 116 Å². The van der Waals surface area contributed by atoms with Crippen LogP contribution in [0, 0.1) is 0 Å². The van der Waals surface area contributed by atoms with Gasteiger partial charge in [0.15, 0.2) is 0 Å². The SMILES string of the molecule is CN(CCCCCCC(=O)NCCC(=O)Nc1cc(/C=C/C(=O)N2C[C@@H](CCl)c3c2cc(OC(O)O)c2ccccc32)ccc1/C=C/C(=O)N1CCc2c1cc(O[PH](=O)O)c1ccccc21)C(=O)CBr. The molecule has 1 unspecified atom stereocenters. The van der Waals surface area contributed by atoms with Crippen molar-refractivity contribution in [1.82, 2.24) is 10.2 Å². The molecule has 5 amide bonds. The first-order chi connectivity index (χ1) is 33.8. The molecule has 0 radical (unpaired) electrons. The predicted molar refractivity (Wildman–Crippen MR) is 276 cm³/mol. The fourth-order valence-corrected chi connectivity index (χ4v) is 9.91. The van der Waals surface area contributed by atoms with Gasteiger partial charge in [-0.05, 0) is 70.5 Å². The number of aliphatic hydroxyl groups is 2. The zero-order valence-electron chi connectivity index (χ0n) is 38.4. The lowest BCUT2D eigenvalue weighted by Crippen LogP contribution is -2.28. The number of alkyl halides is 2. The summed E-state index contributed by atoms with van der Waals surface area (Å²) in [5.41, 5.74) is 4.15. The number of amides is 5. The third-order valence-corrected chi connectivity index (χ3v) is 13.5. The molecule has 5 N–H and O–H groups in total. The largest absolute Gasteiger partial charge is 0.441 e. The van der Waals surface area contributed by atoms with Gasteiger partial charge < -0.3 is 49.7 Å². The second-order valence-corrected chi connectivity index (χ2v) is 18.5. The van der Waals surface area contributed by atoms with Gasteiger partial charge in [0, 0.05) is 98.6 Å². The molecule has 0 spiro atoms. The zero-order valence-corrected chi connectivity index (χ0v) is 41.7. The molecule has 19 heteroatoms. The van der Waals surface area contributed by atoms with E-state index in [2.05, 4.69) is 26.6 Å². The Balaban J connectivity index is 1.07. The first-order valence-corrected chi connectivity index (χ1v) is 25.8. The number of ether oxygens (including phenoxy) is 1. The number of hydrogen-bond donors (Lipinski definition) is 5. The van der Waals surface area contributed by atoms with E-state index in [-0.39, 0.29) is 71.8 Å². The number of carbonyl (C=O) groups excluding carboxylic acids is 5. The quantitative estimate of drug-likeness (QED) is 0.0158. The van der Waals surface area contributed by atoms with Crippen LogP contribution in [0.4, 0.5) is 17.1 Å². The molecule has 70 heavy (non-hydrogen) atoms. The van der Waals surface area contributed by atoms with Crippen molar-refractivity contribution in [2.24, 2.45) is 0 Å². The maximum absolute atomic E-state index is 14.0. The highest BCUT2D eigenvalue weighted by molar-refractivity contribution is 9.09. The van der Waals surface area contributed by atoms with Crippen LogP contribution >= 0.6 is 35.8 Å². The van der Waals surface area contributed by atoms with E-state index in [1.54, 1.807) is 88.5 Å². The first-order valence-electron chi connectivity index (χ1n) is 22.9. The summed E-state index contributed by atoms with van der Waals surface area (Å²) in [6.45, 7) is -0.740. The van der Waals surface area contributed by atoms with Crippen molar-refractivity contribution < 1.29 is 52.9 Å². The summed E-state index contributed by atoms with van der Waals surface area (Å²) in [7, 11) is -1.58. The van der Waals surface area contributed by atoms with Gasteiger partial charge in [0.2, 0.25) is 17.7 Å². The number of benzene rings is 5. The Morgan fingerprint density at radius 3 is 2.23 bits per heavy atom. The van der Waals surface area contributed by atoms with Gasteiger partial charge in [0.1, 0.15) is 11.5 Å². The monoisotopic (exact) mass is 1060 g/mol. The average Bonchev–Trinajstić information content (AvgIpc) is 3.95. The predicted octanol–water partition coefficient (Wildman–Crippen LogP) is 7.63. The summed E-state index contributed by atoms with van der Waals surface area (Å²) in [5, 5.41) is 28.2. The number of aliphatic hydroxyl groups excluding tert-OH is 1. The summed E-state index contributed by atoms with van der Waals surface area (Å²) in [4.78, 5) is 80.0. The minimum Gasteiger partial charge on any atom is -0.441 e. The van der Waals surface area contributed by atoms with Crippen LogP contribution in [0.15, 0.2) is 91.0 Å². The van der Waals surface area contributed by atoms with Crippen LogP contribution in [0.1, 0.15) is 66.7 Å². The molecule has 7 rings (SSSR count). The Bertz CT molecular complexity index is 2880. The number of nitrogens with one attached hydrogen (secondary N) is 2. The molecule has 0 saturated carbocycles. The third-order valence-electron chi connectivity index (χ3n) is 12.3. The van der Waals surface area contributed by atoms with E-state index >= 15 is 0 Å². The van der Waals surface area contributed by atoms with Crippen molar-refractivity contribution in [3.05, 3.63) is 113 Å². The van der Waals surface area contributed by atoms with Gasteiger partial charge >= 0.3 is 14.7 Å². The fourth-order valence-electron chi connectivity index (χ4n) is 8.87. The van der Waals surface area contributed by atoms with Gasteiger partial charge in [-0.2, -0.15) is 0 Å². The Morgan fingerprint density at radius 2 is 1.51 bits per heavy atom. The minimum atomic E-state index is -3.34. The van der Waals surface area contributed by atoms with E-state index in [0.29, 0.717) is 71.3 Å². The number of nitrogens with zero attached hydrogens (tertiary/aromatic N) is 3. The molecule has 2 atom stereocenters. The Hall–Kier alpha value is -6.07. The van der Waals surface area contributed by atoms with Crippen molar-refractivity contribution in [2.45, 2.75) is 57.3 Å². The number of carbonyl (C=O) groups is 5. The first kappa shape index (κ1) is 51.8. The van der Waals surface area contributed by atoms with Crippen LogP contribution in [0.25, 0.3) is 33.7 Å². The van der Waals surface area contributed by atoms with Gasteiger partial charge in [0.05, 0.1) is 16.7 Å². The number of anilines is 3. The number of halogens is 2. The maximum Gasteiger partial charge on any atom is 0.365 e. The summed E-state index contributed by atoms with van der Waals surface area (Å²) in [5.74, 6) is -0.956. The van der Waals surface area contributed by atoms with E-state index in [9.17, 15) is 43.6 Å². The third kappa shape index (κ3) is 12.6. The summed E-state index contributed by atoms with van der Waals surface area (Å²) in [6, 6.07) is 22.9. The molecular formula is C51H54BrClN5O11P. The van der Waals surface area contributed by atoms with Gasteiger partial charge in [-0.25, -0.2) is 4.57 Å². The molecular weight excluding hydrogens is 1000 g/mol. The zero-order chi connectivity index (χ0) is 49.9. The Morgan fingerprint density at radius 1 is 0.843 bits per heavy atom. The molecule has 5 aromatic carbocycles.